The lowest BCUT2D eigenvalue weighted by atomic mass is 9.72. The zero-order chi connectivity index (χ0) is 15.9. The molecule has 1 rings (SSSR count). The van der Waals surface area contributed by atoms with Crippen molar-refractivity contribution in [3.05, 3.63) is 0 Å². The van der Waals surface area contributed by atoms with Crippen molar-refractivity contribution >= 4 is 11.7 Å². The third-order valence-corrected chi connectivity index (χ3v) is 5.02. The van der Waals surface area contributed by atoms with Crippen LogP contribution in [0.25, 0.3) is 0 Å². The van der Waals surface area contributed by atoms with Crippen LogP contribution in [0.3, 0.4) is 0 Å². The van der Waals surface area contributed by atoms with Gasteiger partial charge in [0.2, 0.25) is 5.91 Å². The molecule has 1 aliphatic rings. The Bertz CT molecular complexity index is 359. The Balaban J connectivity index is 2.97. The van der Waals surface area contributed by atoms with Gasteiger partial charge in [-0.2, -0.15) is 0 Å². The van der Waals surface area contributed by atoms with E-state index in [9.17, 15) is 4.79 Å². The topological polar surface area (TPSA) is 78.9 Å². The van der Waals surface area contributed by atoms with Gasteiger partial charge in [-0.3, -0.25) is 4.79 Å². The molecule has 0 radical (unpaired) electrons. The SMILES string of the molecule is CCC(CC)CN(CC)C(=O)C1(C(N)=NO)CCCCC1. The minimum atomic E-state index is -0.783. The van der Waals surface area contributed by atoms with Gasteiger partial charge in [-0.15, -0.1) is 0 Å². The molecule has 1 fully saturated rings. The molecule has 0 spiro atoms. The van der Waals surface area contributed by atoms with Gasteiger partial charge in [-0.05, 0) is 25.7 Å². The van der Waals surface area contributed by atoms with Crippen LogP contribution in [0, 0.1) is 11.3 Å². The fraction of sp³-hybridized carbons (Fsp3) is 0.875. The fourth-order valence-electron chi connectivity index (χ4n) is 3.35. The minimum absolute atomic E-state index is 0.0481. The Hall–Kier alpha value is -1.26. The Morgan fingerprint density at radius 2 is 1.81 bits per heavy atom. The molecule has 0 aliphatic heterocycles. The van der Waals surface area contributed by atoms with Crippen LogP contribution in [0.4, 0.5) is 0 Å². The lowest BCUT2D eigenvalue weighted by molar-refractivity contribution is -0.140. The van der Waals surface area contributed by atoms with Crippen LogP contribution in [-0.4, -0.2) is 34.9 Å². The number of nitrogens with two attached hydrogens (primary N) is 1. The zero-order valence-electron chi connectivity index (χ0n) is 13.8. The molecule has 0 aromatic rings. The second-order valence-corrected chi connectivity index (χ2v) is 6.15. The summed E-state index contributed by atoms with van der Waals surface area (Å²) in [6, 6.07) is 0. The van der Waals surface area contributed by atoms with E-state index in [0.29, 0.717) is 25.3 Å². The van der Waals surface area contributed by atoms with E-state index in [1.54, 1.807) is 0 Å². The summed E-state index contributed by atoms with van der Waals surface area (Å²) in [7, 11) is 0. The number of carbonyl (C=O) groups is 1. The Kier molecular flexibility index (Phi) is 6.99. The van der Waals surface area contributed by atoms with E-state index in [0.717, 1.165) is 38.6 Å². The number of rotatable bonds is 7. The fourth-order valence-corrected chi connectivity index (χ4v) is 3.35. The standard InChI is InChI=1S/C16H31N3O2/c1-4-13(5-2)12-19(6-3)15(20)16(14(17)18-21)10-8-7-9-11-16/h13,21H,4-12H2,1-3H3,(H2,17,18). The van der Waals surface area contributed by atoms with Crippen molar-refractivity contribution in [2.45, 2.75) is 65.7 Å². The normalized spacial score (nSPS) is 18.8. The summed E-state index contributed by atoms with van der Waals surface area (Å²) in [5.41, 5.74) is 5.14. The molecule has 3 N–H and O–H groups in total. The molecule has 1 aliphatic carbocycles. The first-order valence-corrected chi connectivity index (χ1v) is 8.33. The number of amidine groups is 1. The smallest absolute Gasteiger partial charge is 0.236 e. The second kappa shape index (κ2) is 8.25. The van der Waals surface area contributed by atoms with Crippen LogP contribution in [-0.2, 0) is 4.79 Å². The highest BCUT2D eigenvalue weighted by Gasteiger charge is 2.45. The van der Waals surface area contributed by atoms with Crippen LogP contribution >= 0.6 is 0 Å². The van der Waals surface area contributed by atoms with Crippen molar-refractivity contribution in [2.24, 2.45) is 22.2 Å². The van der Waals surface area contributed by atoms with Gasteiger partial charge in [0.05, 0.1) is 0 Å². The molecular formula is C16H31N3O2. The molecule has 1 saturated carbocycles. The van der Waals surface area contributed by atoms with Crippen LogP contribution in [0.1, 0.15) is 65.7 Å². The number of nitrogens with zero attached hydrogens (tertiary/aromatic N) is 2. The summed E-state index contributed by atoms with van der Waals surface area (Å²) in [6.07, 6.45) is 6.57. The van der Waals surface area contributed by atoms with Gasteiger partial charge in [0.1, 0.15) is 5.41 Å². The van der Waals surface area contributed by atoms with E-state index >= 15 is 0 Å². The highest BCUT2D eigenvalue weighted by molar-refractivity contribution is 6.06. The number of hydrogen-bond donors (Lipinski definition) is 2. The van der Waals surface area contributed by atoms with E-state index < -0.39 is 5.41 Å². The highest BCUT2D eigenvalue weighted by atomic mass is 16.4. The summed E-state index contributed by atoms with van der Waals surface area (Å²) in [5, 5.41) is 12.3. The first-order valence-electron chi connectivity index (χ1n) is 8.33. The maximum Gasteiger partial charge on any atom is 0.236 e. The summed E-state index contributed by atoms with van der Waals surface area (Å²) in [4.78, 5) is 15.0. The van der Waals surface area contributed by atoms with E-state index in [2.05, 4.69) is 19.0 Å². The summed E-state index contributed by atoms with van der Waals surface area (Å²) in [5.74, 6) is 0.656. The summed E-state index contributed by atoms with van der Waals surface area (Å²) in [6.45, 7) is 7.76. The first kappa shape index (κ1) is 17.8. The highest BCUT2D eigenvalue weighted by Crippen LogP contribution is 2.38. The van der Waals surface area contributed by atoms with E-state index in [1.165, 1.54) is 0 Å². The lowest BCUT2D eigenvalue weighted by Crippen LogP contribution is -2.53. The maximum absolute atomic E-state index is 13.1. The summed E-state index contributed by atoms with van der Waals surface area (Å²) < 4.78 is 0. The van der Waals surface area contributed by atoms with E-state index in [4.69, 9.17) is 10.9 Å². The number of carbonyl (C=O) groups excluding carboxylic acids is 1. The largest absolute Gasteiger partial charge is 0.409 e. The van der Waals surface area contributed by atoms with Gasteiger partial charge in [0.25, 0.3) is 0 Å². The lowest BCUT2D eigenvalue weighted by Gasteiger charge is -2.39. The van der Waals surface area contributed by atoms with Crippen LogP contribution in [0.5, 0.6) is 0 Å². The monoisotopic (exact) mass is 297 g/mol. The van der Waals surface area contributed by atoms with Gasteiger partial charge >= 0.3 is 0 Å². The predicted molar refractivity (Wildman–Crippen MR) is 85.3 cm³/mol. The predicted octanol–water partition coefficient (Wildman–Crippen LogP) is 2.97. The van der Waals surface area contributed by atoms with Gasteiger partial charge in [-0.25, -0.2) is 0 Å². The Morgan fingerprint density at radius 3 is 2.24 bits per heavy atom. The molecule has 0 saturated heterocycles. The average molecular weight is 297 g/mol. The molecule has 122 valence electrons. The van der Waals surface area contributed by atoms with Crippen molar-refractivity contribution in [2.75, 3.05) is 13.1 Å². The molecule has 0 atom stereocenters. The molecule has 5 nitrogen and oxygen atoms in total. The van der Waals surface area contributed by atoms with Gasteiger partial charge in [0, 0.05) is 13.1 Å². The van der Waals surface area contributed by atoms with E-state index in [1.807, 2.05) is 11.8 Å². The molecule has 1 amide bonds. The van der Waals surface area contributed by atoms with Crippen molar-refractivity contribution in [3.63, 3.8) is 0 Å². The van der Waals surface area contributed by atoms with Gasteiger partial charge < -0.3 is 15.8 Å². The molecule has 5 heteroatoms. The molecular weight excluding hydrogens is 266 g/mol. The number of hydrogen-bond acceptors (Lipinski definition) is 3. The quantitative estimate of drug-likeness (QED) is 0.328. The molecule has 21 heavy (non-hydrogen) atoms. The Morgan fingerprint density at radius 1 is 1.24 bits per heavy atom. The van der Waals surface area contributed by atoms with Gasteiger partial charge in [0.15, 0.2) is 5.84 Å². The van der Waals surface area contributed by atoms with Crippen LogP contribution in [0.2, 0.25) is 0 Å². The number of oxime groups is 1. The zero-order valence-corrected chi connectivity index (χ0v) is 13.8. The van der Waals surface area contributed by atoms with Crippen LogP contribution < -0.4 is 5.73 Å². The van der Waals surface area contributed by atoms with Crippen molar-refractivity contribution < 1.29 is 10.0 Å². The Labute approximate surface area is 128 Å². The molecule has 0 aromatic heterocycles. The maximum atomic E-state index is 13.1. The molecule has 0 heterocycles. The van der Waals surface area contributed by atoms with Crippen molar-refractivity contribution in [1.82, 2.24) is 4.90 Å². The second-order valence-electron chi connectivity index (χ2n) is 6.15. The average Bonchev–Trinajstić information content (AvgIpc) is 2.55. The minimum Gasteiger partial charge on any atom is -0.409 e. The molecule has 0 unspecified atom stereocenters. The molecule has 0 bridgehead atoms. The third kappa shape index (κ3) is 3.89. The first-order chi connectivity index (χ1) is 10.1. The van der Waals surface area contributed by atoms with E-state index in [-0.39, 0.29) is 11.7 Å². The van der Waals surface area contributed by atoms with Crippen molar-refractivity contribution in [1.29, 1.82) is 0 Å². The number of amides is 1. The molecule has 0 aromatic carbocycles. The van der Waals surface area contributed by atoms with Crippen molar-refractivity contribution in [3.8, 4) is 0 Å². The van der Waals surface area contributed by atoms with Crippen LogP contribution in [0.15, 0.2) is 5.16 Å². The third-order valence-electron chi connectivity index (χ3n) is 5.02. The summed E-state index contributed by atoms with van der Waals surface area (Å²) >= 11 is 0. The van der Waals surface area contributed by atoms with Gasteiger partial charge in [-0.1, -0.05) is 51.1 Å².